The Balaban J connectivity index is 2.88. The number of carbonyl (C=O) groups excluding carboxylic acids is 1. The highest BCUT2D eigenvalue weighted by Gasteiger charge is 2.00. The minimum absolute atomic E-state index is 0.0465. The molecule has 1 aromatic heterocycles. The first-order valence-corrected chi connectivity index (χ1v) is 3.81. The number of hydrogen-bond donors (Lipinski definition) is 1. The summed E-state index contributed by atoms with van der Waals surface area (Å²) in [6, 6.07) is 3.50. The molecule has 0 amide bonds. The average Bonchev–Trinajstić information content (AvgIpc) is 2.05. The van der Waals surface area contributed by atoms with Crippen molar-refractivity contribution in [1.29, 1.82) is 0 Å². The van der Waals surface area contributed by atoms with Gasteiger partial charge in [0.1, 0.15) is 5.69 Å². The number of pyridine rings is 1. The van der Waals surface area contributed by atoms with Crippen LogP contribution in [0.5, 0.6) is 0 Å². The molecule has 0 atom stereocenters. The summed E-state index contributed by atoms with van der Waals surface area (Å²) in [6.45, 7) is 1.58. The Labute approximate surface area is 71.1 Å². The lowest BCUT2D eigenvalue weighted by atomic mass is 10.1. The molecule has 0 aliphatic heterocycles. The minimum atomic E-state index is -0.0465. The van der Waals surface area contributed by atoms with Crippen molar-refractivity contribution in [3.05, 3.63) is 29.6 Å². The minimum Gasteiger partial charge on any atom is -0.396 e. The third-order valence-electron chi connectivity index (χ3n) is 1.59. The van der Waals surface area contributed by atoms with Crippen LogP contribution in [-0.4, -0.2) is 22.5 Å². The third kappa shape index (κ3) is 2.13. The molecule has 0 unspecified atom stereocenters. The fourth-order valence-electron chi connectivity index (χ4n) is 0.951. The molecule has 0 aliphatic carbocycles. The van der Waals surface area contributed by atoms with Crippen molar-refractivity contribution >= 4 is 5.78 Å². The van der Waals surface area contributed by atoms with E-state index in [2.05, 4.69) is 4.98 Å². The monoisotopic (exact) mass is 165 g/mol. The predicted molar refractivity (Wildman–Crippen MR) is 45.0 cm³/mol. The molecule has 0 aromatic carbocycles. The number of rotatable bonds is 3. The van der Waals surface area contributed by atoms with Gasteiger partial charge in [-0.1, -0.05) is 0 Å². The van der Waals surface area contributed by atoms with Gasteiger partial charge in [-0.3, -0.25) is 9.78 Å². The van der Waals surface area contributed by atoms with Crippen molar-refractivity contribution in [3.63, 3.8) is 0 Å². The van der Waals surface area contributed by atoms with Gasteiger partial charge < -0.3 is 5.11 Å². The van der Waals surface area contributed by atoms with Crippen molar-refractivity contribution in [2.75, 3.05) is 6.61 Å². The van der Waals surface area contributed by atoms with E-state index in [0.29, 0.717) is 12.1 Å². The molecular weight excluding hydrogens is 154 g/mol. The topological polar surface area (TPSA) is 50.2 Å². The Kier molecular flexibility index (Phi) is 2.94. The van der Waals surface area contributed by atoms with Crippen LogP contribution in [-0.2, 0) is 6.42 Å². The SMILES string of the molecule is CC(=O)c1cc(CCO)ccn1. The molecule has 0 saturated carbocycles. The molecule has 1 heterocycles. The molecule has 3 nitrogen and oxygen atoms in total. The lowest BCUT2D eigenvalue weighted by Crippen LogP contribution is -1.99. The van der Waals surface area contributed by atoms with Crippen LogP contribution in [0.15, 0.2) is 18.3 Å². The van der Waals surface area contributed by atoms with Crippen LogP contribution in [0.25, 0.3) is 0 Å². The van der Waals surface area contributed by atoms with E-state index in [0.717, 1.165) is 5.56 Å². The molecular formula is C9H11NO2. The zero-order valence-corrected chi connectivity index (χ0v) is 6.95. The van der Waals surface area contributed by atoms with Crippen LogP contribution in [0.1, 0.15) is 23.0 Å². The molecule has 1 aromatic rings. The summed E-state index contributed by atoms with van der Waals surface area (Å²) in [7, 11) is 0. The summed E-state index contributed by atoms with van der Waals surface area (Å²) >= 11 is 0. The normalized spacial score (nSPS) is 9.83. The van der Waals surface area contributed by atoms with Gasteiger partial charge in [0.05, 0.1) is 0 Å². The number of carbonyl (C=O) groups is 1. The molecule has 1 N–H and O–H groups in total. The van der Waals surface area contributed by atoms with Crippen LogP contribution in [0.2, 0.25) is 0 Å². The summed E-state index contributed by atoms with van der Waals surface area (Å²) in [5, 5.41) is 8.64. The van der Waals surface area contributed by atoms with E-state index in [9.17, 15) is 4.79 Å². The highest BCUT2D eigenvalue weighted by Crippen LogP contribution is 2.02. The van der Waals surface area contributed by atoms with Gasteiger partial charge in [0.25, 0.3) is 0 Å². The Hall–Kier alpha value is -1.22. The van der Waals surface area contributed by atoms with Gasteiger partial charge in [-0.25, -0.2) is 0 Å². The second-order valence-electron chi connectivity index (χ2n) is 2.58. The van der Waals surface area contributed by atoms with Gasteiger partial charge in [0.2, 0.25) is 0 Å². The van der Waals surface area contributed by atoms with Crippen molar-refractivity contribution in [2.24, 2.45) is 0 Å². The van der Waals surface area contributed by atoms with Crippen LogP contribution in [0, 0.1) is 0 Å². The zero-order chi connectivity index (χ0) is 8.97. The van der Waals surface area contributed by atoms with Crippen LogP contribution in [0.4, 0.5) is 0 Å². The number of hydrogen-bond acceptors (Lipinski definition) is 3. The highest BCUT2D eigenvalue weighted by atomic mass is 16.2. The summed E-state index contributed by atoms with van der Waals surface area (Å²) in [6.07, 6.45) is 2.16. The first-order valence-electron chi connectivity index (χ1n) is 3.81. The maximum atomic E-state index is 10.9. The van der Waals surface area contributed by atoms with E-state index in [1.165, 1.54) is 6.92 Å². The number of aliphatic hydroxyl groups is 1. The molecule has 0 aliphatic rings. The third-order valence-corrected chi connectivity index (χ3v) is 1.59. The van der Waals surface area contributed by atoms with E-state index >= 15 is 0 Å². The van der Waals surface area contributed by atoms with Gasteiger partial charge in [0.15, 0.2) is 5.78 Å². The number of Topliss-reactive ketones (excluding diaryl/α,β-unsaturated/α-hetero) is 1. The van der Waals surface area contributed by atoms with Crippen molar-refractivity contribution in [3.8, 4) is 0 Å². The van der Waals surface area contributed by atoms with Crippen molar-refractivity contribution in [2.45, 2.75) is 13.3 Å². The zero-order valence-electron chi connectivity index (χ0n) is 6.95. The molecule has 0 saturated heterocycles. The molecule has 0 fully saturated rings. The van der Waals surface area contributed by atoms with Crippen molar-refractivity contribution in [1.82, 2.24) is 4.98 Å². The summed E-state index contributed by atoms with van der Waals surface area (Å²) < 4.78 is 0. The molecule has 0 radical (unpaired) electrons. The Bertz CT molecular complexity index is 284. The number of aliphatic hydroxyl groups excluding tert-OH is 1. The number of nitrogens with zero attached hydrogens (tertiary/aromatic N) is 1. The van der Waals surface area contributed by atoms with Gasteiger partial charge in [-0.2, -0.15) is 0 Å². The van der Waals surface area contributed by atoms with E-state index in [1.54, 1.807) is 18.3 Å². The van der Waals surface area contributed by atoms with Gasteiger partial charge in [-0.05, 0) is 24.1 Å². The quantitative estimate of drug-likeness (QED) is 0.674. The Morgan fingerprint density at radius 1 is 1.67 bits per heavy atom. The Morgan fingerprint density at radius 2 is 2.42 bits per heavy atom. The predicted octanol–water partition coefficient (Wildman–Crippen LogP) is 0.819. The van der Waals surface area contributed by atoms with Gasteiger partial charge in [0, 0.05) is 19.7 Å². The first kappa shape index (κ1) is 8.87. The van der Waals surface area contributed by atoms with E-state index in [1.807, 2.05) is 0 Å². The fraction of sp³-hybridized carbons (Fsp3) is 0.333. The summed E-state index contributed by atoms with van der Waals surface area (Å²) in [5.41, 5.74) is 1.40. The maximum absolute atomic E-state index is 10.9. The summed E-state index contributed by atoms with van der Waals surface area (Å²) in [5.74, 6) is -0.0465. The van der Waals surface area contributed by atoms with Crippen molar-refractivity contribution < 1.29 is 9.90 Å². The fourth-order valence-corrected chi connectivity index (χ4v) is 0.951. The number of ketones is 1. The van der Waals surface area contributed by atoms with Gasteiger partial charge >= 0.3 is 0 Å². The van der Waals surface area contributed by atoms with E-state index in [4.69, 9.17) is 5.11 Å². The second-order valence-corrected chi connectivity index (χ2v) is 2.58. The van der Waals surface area contributed by atoms with Gasteiger partial charge in [-0.15, -0.1) is 0 Å². The first-order chi connectivity index (χ1) is 5.74. The van der Waals surface area contributed by atoms with Crippen LogP contribution < -0.4 is 0 Å². The highest BCUT2D eigenvalue weighted by molar-refractivity contribution is 5.92. The summed E-state index contributed by atoms with van der Waals surface area (Å²) in [4.78, 5) is 14.8. The lowest BCUT2D eigenvalue weighted by molar-refractivity contribution is 0.101. The lowest BCUT2D eigenvalue weighted by Gasteiger charge is -1.98. The average molecular weight is 165 g/mol. The molecule has 12 heavy (non-hydrogen) atoms. The number of aromatic nitrogens is 1. The van der Waals surface area contributed by atoms with Crippen LogP contribution >= 0.6 is 0 Å². The molecule has 64 valence electrons. The van der Waals surface area contributed by atoms with E-state index in [-0.39, 0.29) is 12.4 Å². The maximum Gasteiger partial charge on any atom is 0.178 e. The standard InChI is InChI=1S/C9H11NO2/c1-7(12)9-6-8(3-5-11)2-4-10-9/h2,4,6,11H,3,5H2,1H3. The van der Waals surface area contributed by atoms with E-state index < -0.39 is 0 Å². The molecule has 1 rings (SSSR count). The van der Waals surface area contributed by atoms with Crippen LogP contribution in [0.3, 0.4) is 0 Å². The largest absolute Gasteiger partial charge is 0.396 e. The molecule has 3 heteroatoms. The molecule has 0 bridgehead atoms. The second kappa shape index (κ2) is 3.97. The molecule has 0 spiro atoms. The smallest absolute Gasteiger partial charge is 0.178 e. The Morgan fingerprint density at radius 3 is 3.00 bits per heavy atom.